The Kier molecular flexibility index (Phi) is 4.69. The van der Waals surface area contributed by atoms with Crippen LogP contribution in [0.1, 0.15) is 11.1 Å². The van der Waals surface area contributed by atoms with Crippen molar-refractivity contribution in [1.29, 1.82) is 0 Å². The Morgan fingerprint density at radius 3 is 2.57 bits per heavy atom. The molecule has 0 aromatic heterocycles. The summed E-state index contributed by atoms with van der Waals surface area (Å²) in [7, 11) is 0. The number of hydrogen-bond acceptors (Lipinski definition) is 2. The molecule has 0 bridgehead atoms. The summed E-state index contributed by atoms with van der Waals surface area (Å²) < 4.78 is 0. The Hall–Kier alpha value is -2.65. The summed E-state index contributed by atoms with van der Waals surface area (Å²) in [6, 6.07) is 21.2. The second-order valence-corrected chi connectivity index (χ2v) is 5.60. The summed E-state index contributed by atoms with van der Waals surface area (Å²) in [5.74, 6) is -0.163. The van der Waals surface area contributed by atoms with Crippen molar-refractivity contribution in [2.75, 3.05) is 0 Å². The zero-order chi connectivity index (χ0) is 16.1. The summed E-state index contributed by atoms with van der Waals surface area (Å²) in [5, 5.41) is 6.96. The van der Waals surface area contributed by atoms with Crippen LogP contribution >= 0.6 is 11.6 Å². The number of nitrogens with one attached hydrogen (secondary N) is 1. The van der Waals surface area contributed by atoms with E-state index in [9.17, 15) is 4.79 Å². The number of fused-ring (bicyclic) bond motifs is 1. The molecule has 0 unspecified atom stereocenters. The summed E-state index contributed by atoms with van der Waals surface area (Å²) >= 11 is 5.82. The molecule has 0 spiro atoms. The van der Waals surface area contributed by atoms with Gasteiger partial charge in [0.2, 0.25) is 5.91 Å². The largest absolute Gasteiger partial charge is 0.273 e. The summed E-state index contributed by atoms with van der Waals surface area (Å²) in [4.78, 5) is 11.9. The molecule has 0 radical (unpaired) electrons. The Labute approximate surface area is 139 Å². The molecule has 3 nitrogen and oxygen atoms in total. The lowest BCUT2D eigenvalue weighted by atomic mass is 10.1. The lowest BCUT2D eigenvalue weighted by Crippen LogP contribution is -2.19. The molecule has 0 aliphatic rings. The predicted molar refractivity (Wildman–Crippen MR) is 94.8 cm³/mol. The third-order valence-corrected chi connectivity index (χ3v) is 3.75. The molecule has 0 aliphatic carbocycles. The van der Waals surface area contributed by atoms with Gasteiger partial charge in [0, 0.05) is 10.6 Å². The van der Waals surface area contributed by atoms with Crippen LogP contribution in [0, 0.1) is 0 Å². The van der Waals surface area contributed by atoms with Gasteiger partial charge >= 0.3 is 0 Å². The van der Waals surface area contributed by atoms with E-state index in [1.807, 2.05) is 54.6 Å². The highest BCUT2D eigenvalue weighted by Gasteiger charge is 2.02. The summed E-state index contributed by atoms with van der Waals surface area (Å²) in [5.41, 5.74) is 4.42. The van der Waals surface area contributed by atoms with E-state index in [2.05, 4.69) is 10.5 Å². The molecule has 0 saturated carbocycles. The van der Waals surface area contributed by atoms with E-state index >= 15 is 0 Å². The second-order valence-electron chi connectivity index (χ2n) is 5.16. The number of halogens is 1. The molecule has 0 atom stereocenters. The number of hydrazone groups is 1. The number of carbonyl (C=O) groups is 1. The van der Waals surface area contributed by atoms with Gasteiger partial charge in [0.05, 0.1) is 12.6 Å². The van der Waals surface area contributed by atoms with Crippen LogP contribution in [0.5, 0.6) is 0 Å². The van der Waals surface area contributed by atoms with Crippen molar-refractivity contribution in [1.82, 2.24) is 5.43 Å². The highest BCUT2D eigenvalue weighted by atomic mass is 35.5. The van der Waals surface area contributed by atoms with Crippen LogP contribution in [-0.2, 0) is 11.2 Å². The van der Waals surface area contributed by atoms with E-state index in [4.69, 9.17) is 11.6 Å². The van der Waals surface area contributed by atoms with Crippen molar-refractivity contribution < 1.29 is 4.79 Å². The first-order valence-corrected chi connectivity index (χ1v) is 7.64. The minimum atomic E-state index is -0.163. The lowest BCUT2D eigenvalue weighted by molar-refractivity contribution is -0.120. The fraction of sp³-hybridized carbons (Fsp3) is 0.0526. The van der Waals surface area contributed by atoms with E-state index in [-0.39, 0.29) is 12.3 Å². The third kappa shape index (κ3) is 3.96. The topological polar surface area (TPSA) is 41.5 Å². The number of hydrogen-bond donors (Lipinski definition) is 1. The van der Waals surface area contributed by atoms with E-state index in [1.165, 1.54) is 0 Å². The third-order valence-electron chi connectivity index (χ3n) is 3.49. The van der Waals surface area contributed by atoms with Crippen LogP contribution in [-0.4, -0.2) is 12.1 Å². The Balaban J connectivity index is 1.66. The Morgan fingerprint density at radius 2 is 1.74 bits per heavy atom. The van der Waals surface area contributed by atoms with Gasteiger partial charge in [-0.05, 0) is 28.5 Å². The lowest BCUT2D eigenvalue weighted by Gasteiger charge is -2.02. The molecule has 0 fully saturated rings. The Bertz CT molecular complexity index is 851. The van der Waals surface area contributed by atoms with Gasteiger partial charge in [0.25, 0.3) is 0 Å². The first kappa shape index (κ1) is 15.3. The number of nitrogens with zero attached hydrogens (tertiary/aromatic N) is 1. The van der Waals surface area contributed by atoms with Crippen LogP contribution in [0.4, 0.5) is 0 Å². The minimum Gasteiger partial charge on any atom is -0.273 e. The molecular weight excluding hydrogens is 308 g/mol. The first-order chi connectivity index (χ1) is 11.2. The smallest absolute Gasteiger partial charge is 0.244 e. The van der Waals surface area contributed by atoms with Crippen molar-refractivity contribution in [2.24, 2.45) is 5.10 Å². The van der Waals surface area contributed by atoms with Gasteiger partial charge < -0.3 is 0 Å². The summed E-state index contributed by atoms with van der Waals surface area (Å²) in [6.07, 6.45) is 1.94. The van der Waals surface area contributed by atoms with Gasteiger partial charge in [-0.1, -0.05) is 66.2 Å². The maximum Gasteiger partial charge on any atom is 0.244 e. The molecule has 23 heavy (non-hydrogen) atoms. The molecule has 0 saturated heterocycles. The van der Waals surface area contributed by atoms with Crippen LogP contribution in [0.2, 0.25) is 5.02 Å². The van der Waals surface area contributed by atoms with Crippen LogP contribution in [0.3, 0.4) is 0 Å². The normalized spacial score (nSPS) is 11.0. The maximum absolute atomic E-state index is 11.9. The molecule has 1 amide bonds. The molecule has 3 rings (SSSR count). The molecule has 114 valence electrons. The van der Waals surface area contributed by atoms with E-state index in [1.54, 1.807) is 18.3 Å². The average Bonchev–Trinajstić information content (AvgIpc) is 2.57. The zero-order valence-electron chi connectivity index (χ0n) is 12.4. The predicted octanol–water partition coefficient (Wildman–Crippen LogP) is 4.19. The highest BCUT2D eigenvalue weighted by Crippen LogP contribution is 2.16. The average molecular weight is 323 g/mol. The van der Waals surface area contributed by atoms with E-state index < -0.39 is 0 Å². The van der Waals surface area contributed by atoms with Crippen molar-refractivity contribution in [3.05, 3.63) is 82.9 Å². The van der Waals surface area contributed by atoms with Gasteiger partial charge in [-0.2, -0.15) is 5.10 Å². The standard InChI is InChI=1S/C19H15ClN2O/c20-17-10-8-14(9-11-17)12-19(23)22-21-13-16-6-3-5-15-4-1-2-7-18(15)16/h1-11,13H,12H2,(H,22,23). The fourth-order valence-corrected chi connectivity index (χ4v) is 2.49. The minimum absolute atomic E-state index is 0.163. The zero-order valence-corrected chi connectivity index (χ0v) is 13.1. The molecule has 0 aliphatic heterocycles. The van der Waals surface area contributed by atoms with E-state index in [0.717, 1.165) is 21.9 Å². The van der Waals surface area contributed by atoms with Crippen molar-refractivity contribution in [3.8, 4) is 0 Å². The number of carbonyl (C=O) groups excluding carboxylic acids is 1. The fourth-order valence-electron chi connectivity index (χ4n) is 2.36. The van der Waals surface area contributed by atoms with E-state index in [0.29, 0.717) is 5.02 Å². The maximum atomic E-state index is 11.9. The quantitative estimate of drug-likeness (QED) is 0.568. The van der Waals surface area contributed by atoms with Crippen LogP contribution in [0.15, 0.2) is 71.8 Å². The number of benzene rings is 3. The van der Waals surface area contributed by atoms with Gasteiger partial charge in [0.15, 0.2) is 0 Å². The van der Waals surface area contributed by atoms with Gasteiger partial charge in [-0.3, -0.25) is 4.79 Å². The Morgan fingerprint density at radius 1 is 1.00 bits per heavy atom. The SMILES string of the molecule is O=C(Cc1ccc(Cl)cc1)NN=Cc1cccc2ccccc12. The first-order valence-electron chi connectivity index (χ1n) is 7.26. The second kappa shape index (κ2) is 7.07. The number of rotatable bonds is 4. The molecule has 0 heterocycles. The van der Waals surface area contributed by atoms with Crippen molar-refractivity contribution in [3.63, 3.8) is 0 Å². The van der Waals surface area contributed by atoms with Gasteiger partial charge in [-0.15, -0.1) is 0 Å². The van der Waals surface area contributed by atoms with Crippen molar-refractivity contribution >= 4 is 34.5 Å². The molecule has 4 heteroatoms. The van der Waals surface area contributed by atoms with Crippen LogP contribution < -0.4 is 5.43 Å². The molecule has 3 aromatic rings. The monoisotopic (exact) mass is 322 g/mol. The van der Waals surface area contributed by atoms with Gasteiger partial charge in [-0.25, -0.2) is 5.43 Å². The molecule has 3 aromatic carbocycles. The van der Waals surface area contributed by atoms with Crippen LogP contribution in [0.25, 0.3) is 10.8 Å². The summed E-state index contributed by atoms with van der Waals surface area (Å²) in [6.45, 7) is 0. The molecule has 1 N–H and O–H groups in total. The highest BCUT2D eigenvalue weighted by molar-refractivity contribution is 6.30. The van der Waals surface area contributed by atoms with Crippen molar-refractivity contribution in [2.45, 2.75) is 6.42 Å². The molecular formula is C19H15ClN2O. The number of amides is 1. The van der Waals surface area contributed by atoms with Gasteiger partial charge in [0.1, 0.15) is 0 Å².